The minimum Gasteiger partial charge on any atom is -0.422 e. The summed E-state index contributed by atoms with van der Waals surface area (Å²) in [7, 11) is 0. The third-order valence-electron chi connectivity index (χ3n) is 2.21. The lowest BCUT2D eigenvalue weighted by Gasteiger charge is -2.12. The van der Waals surface area contributed by atoms with Gasteiger partial charge in [0.05, 0.1) is 11.8 Å². The fraction of sp³-hybridized carbons (Fsp3) is 0.429. The molecule has 0 atom stereocenters. The van der Waals surface area contributed by atoms with Crippen molar-refractivity contribution < 1.29 is 19.1 Å². The van der Waals surface area contributed by atoms with Crippen LogP contribution in [-0.2, 0) is 9.59 Å². The highest BCUT2D eigenvalue weighted by Gasteiger charge is 2.16. The van der Waals surface area contributed by atoms with Crippen molar-refractivity contribution in [1.29, 1.82) is 0 Å². The second kappa shape index (κ2) is 7.94. The van der Waals surface area contributed by atoms with E-state index in [4.69, 9.17) is 9.47 Å². The summed E-state index contributed by atoms with van der Waals surface area (Å²) in [6.45, 7) is 6.96. The molecule has 0 aliphatic heterocycles. The van der Waals surface area contributed by atoms with Gasteiger partial charge in [0.15, 0.2) is 11.5 Å². The summed E-state index contributed by atoms with van der Waals surface area (Å²) < 4.78 is 10.3. The van der Waals surface area contributed by atoms with Crippen molar-refractivity contribution in [3.05, 3.63) is 24.3 Å². The van der Waals surface area contributed by atoms with E-state index in [1.807, 2.05) is 0 Å². The summed E-state index contributed by atoms with van der Waals surface area (Å²) in [4.78, 5) is 23.0. The summed E-state index contributed by atoms with van der Waals surface area (Å²) >= 11 is 0. The van der Waals surface area contributed by atoms with Crippen LogP contribution in [0.5, 0.6) is 11.5 Å². The first-order chi connectivity index (χ1) is 8.41. The lowest BCUT2D eigenvalue weighted by Crippen LogP contribution is -2.18. The molecule has 0 N–H and O–H groups in total. The van der Waals surface area contributed by atoms with E-state index in [1.54, 1.807) is 52.0 Å². The molecule has 106 valence electrons. The van der Waals surface area contributed by atoms with E-state index in [1.165, 1.54) is 0 Å². The molecule has 0 heterocycles. The van der Waals surface area contributed by atoms with Crippen molar-refractivity contribution in [2.75, 3.05) is 0 Å². The lowest BCUT2D eigenvalue weighted by atomic mass is 10.2. The predicted molar refractivity (Wildman–Crippen MR) is 77.7 cm³/mol. The molecule has 0 amide bonds. The monoisotopic (exact) mass is 330 g/mol. The molecule has 5 heteroatoms. The zero-order valence-corrected chi connectivity index (χ0v) is 13.2. The van der Waals surface area contributed by atoms with Gasteiger partial charge in [0, 0.05) is 0 Å². The highest BCUT2D eigenvalue weighted by molar-refractivity contribution is 8.93. The van der Waals surface area contributed by atoms with E-state index in [9.17, 15) is 9.59 Å². The number of ether oxygens (including phenoxy) is 2. The van der Waals surface area contributed by atoms with Crippen LogP contribution < -0.4 is 9.47 Å². The van der Waals surface area contributed by atoms with Crippen LogP contribution in [-0.4, -0.2) is 11.9 Å². The number of carbonyl (C=O) groups is 2. The maximum atomic E-state index is 11.5. The molecule has 0 aromatic heterocycles. The zero-order valence-electron chi connectivity index (χ0n) is 11.5. The Balaban J connectivity index is 0.00000324. The average molecular weight is 331 g/mol. The first-order valence-electron chi connectivity index (χ1n) is 5.94. The lowest BCUT2D eigenvalue weighted by molar-refractivity contribution is -0.140. The van der Waals surface area contributed by atoms with Crippen LogP contribution in [0.3, 0.4) is 0 Å². The molecule has 0 aliphatic rings. The Morgan fingerprint density at radius 2 is 1.16 bits per heavy atom. The second-order valence-corrected chi connectivity index (χ2v) is 4.60. The van der Waals surface area contributed by atoms with Gasteiger partial charge in [0.1, 0.15) is 0 Å². The number of hydrogen-bond acceptors (Lipinski definition) is 4. The molecule has 0 saturated heterocycles. The van der Waals surface area contributed by atoms with E-state index < -0.39 is 0 Å². The summed E-state index contributed by atoms with van der Waals surface area (Å²) in [5, 5.41) is 0. The third kappa shape index (κ3) is 5.42. The summed E-state index contributed by atoms with van der Waals surface area (Å²) in [6.07, 6.45) is 0. The van der Waals surface area contributed by atoms with Crippen molar-refractivity contribution in [2.24, 2.45) is 11.8 Å². The van der Waals surface area contributed by atoms with Crippen LogP contribution in [0.4, 0.5) is 0 Å². The molecular formula is C14H19BrO4. The van der Waals surface area contributed by atoms with E-state index in [-0.39, 0.29) is 52.3 Å². The predicted octanol–water partition coefficient (Wildman–Crippen LogP) is 3.39. The fourth-order valence-corrected chi connectivity index (χ4v) is 1.07. The van der Waals surface area contributed by atoms with Crippen LogP contribution >= 0.6 is 17.0 Å². The molecule has 0 saturated carbocycles. The van der Waals surface area contributed by atoms with Gasteiger partial charge in [-0.05, 0) is 12.1 Å². The van der Waals surface area contributed by atoms with Crippen molar-refractivity contribution in [2.45, 2.75) is 27.7 Å². The fourth-order valence-electron chi connectivity index (χ4n) is 1.07. The molecule has 19 heavy (non-hydrogen) atoms. The molecule has 1 aromatic carbocycles. The average Bonchev–Trinajstić information content (AvgIpc) is 2.31. The van der Waals surface area contributed by atoms with Gasteiger partial charge in [-0.2, -0.15) is 0 Å². The molecule has 1 aromatic rings. The van der Waals surface area contributed by atoms with Crippen LogP contribution in [0.15, 0.2) is 24.3 Å². The quantitative estimate of drug-likeness (QED) is 0.627. The Labute approximate surface area is 123 Å². The Morgan fingerprint density at radius 1 is 0.842 bits per heavy atom. The Kier molecular flexibility index (Phi) is 7.37. The first-order valence-corrected chi connectivity index (χ1v) is 5.94. The number of benzene rings is 1. The molecule has 0 fully saturated rings. The van der Waals surface area contributed by atoms with Crippen LogP contribution in [0.25, 0.3) is 0 Å². The van der Waals surface area contributed by atoms with Gasteiger partial charge < -0.3 is 9.47 Å². The van der Waals surface area contributed by atoms with Gasteiger partial charge >= 0.3 is 11.9 Å². The van der Waals surface area contributed by atoms with E-state index in [0.29, 0.717) is 0 Å². The van der Waals surface area contributed by atoms with Crippen LogP contribution in [0.2, 0.25) is 0 Å². The highest BCUT2D eigenvalue weighted by Crippen LogP contribution is 2.27. The molecule has 0 aliphatic carbocycles. The van der Waals surface area contributed by atoms with Crippen molar-refractivity contribution in [1.82, 2.24) is 0 Å². The molecule has 1 rings (SSSR count). The molecule has 4 nitrogen and oxygen atoms in total. The number of para-hydroxylation sites is 2. The van der Waals surface area contributed by atoms with E-state index in [0.717, 1.165) is 0 Å². The Hall–Kier alpha value is -1.36. The maximum Gasteiger partial charge on any atom is 0.313 e. The van der Waals surface area contributed by atoms with Crippen LogP contribution in [0.1, 0.15) is 27.7 Å². The van der Waals surface area contributed by atoms with Gasteiger partial charge in [-0.3, -0.25) is 9.59 Å². The van der Waals surface area contributed by atoms with Crippen molar-refractivity contribution in [3.63, 3.8) is 0 Å². The number of esters is 2. The molecular weight excluding hydrogens is 312 g/mol. The maximum absolute atomic E-state index is 11.5. The molecule has 0 unspecified atom stereocenters. The smallest absolute Gasteiger partial charge is 0.313 e. The third-order valence-corrected chi connectivity index (χ3v) is 2.21. The SMILES string of the molecule is Br.CC(C)C(=O)Oc1ccccc1OC(=O)C(C)C. The summed E-state index contributed by atoms with van der Waals surface area (Å²) in [5.74, 6) is -0.654. The topological polar surface area (TPSA) is 52.6 Å². The minimum atomic E-state index is -0.358. The highest BCUT2D eigenvalue weighted by atomic mass is 79.9. The second-order valence-electron chi connectivity index (χ2n) is 4.60. The largest absolute Gasteiger partial charge is 0.422 e. The standard InChI is InChI=1S/C14H18O4.BrH/c1-9(2)13(15)17-11-7-5-6-8-12(11)18-14(16)10(3)4;/h5-10H,1-4H3;1H. The van der Waals surface area contributed by atoms with Gasteiger partial charge in [-0.25, -0.2) is 0 Å². The molecule has 0 spiro atoms. The van der Waals surface area contributed by atoms with Crippen molar-refractivity contribution >= 4 is 28.9 Å². The van der Waals surface area contributed by atoms with E-state index in [2.05, 4.69) is 0 Å². The van der Waals surface area contributed by atoms with Crippen molar-refractivity contribution in [3.8, 4) is 11.5 Å². The zero-order chi connectivity index (χ0) is 13.7. The van der Waals surface area contributed by atoms with Gasteiger partial charge in [0.25, 0.3) is 0 Å². The minimum absolute atomic E-state index is 0. The van der Waals surface area contributed by atoms with Gasteiger partial charge in [0.2, 0.25) is 0 Å². The van der Waals surface area contributed by atoms with Gasteiger partial charge in [-0.15, -0.1) is 17.0 Å². The summed E-state index contributed by atoms with van der Waals surface area (Å²) in [5.41, 5.74) is 0. The summed E-state index contributed by atoms with van der Waals surface area (Å²) in [6, 6.07) is 6.64. The Bertz CT molecular complexity index is 400. The Morgan fingerprint density at radius 3 is 1.42 bits per heavy atom. The molecule has 0 radical (unpaired) electrons. The van der Waals surface area contributed by atoms with Gasteiger partial charge in [-0.1, -0.05) is 39.8 Å². The molecule has 0 bridgehead atoms. The normalized spacial score (nSPS) is 10.0. The van der Waals surface area contributed by atoms with E-state index >= 15 is 0 Å². The number of halogens is 1. The van der Waals surface area contributed by atoms with Crippen LogP contribution in [0, 0.1) is 11.8 Å². The number of hydrogen-bond donors (Lipinski definition) is 0. The number of rotatable bonds is 4. The number of carbonyl (C=O) groups excluding carboxylic acids is 2. The first kappa shape index (κ1) is 17.6.